The molecule has 56 valence electrons. The van der Waals surface area contributed by atoms with Crippen molar-refractivity contribution in [3.8, 4) is 0 Å². The second kappa shape index (κ2) is 2.73. The lowest BCUT2D eigenvalue weighted by Crippen LogP contribution is -2.34. The molecule has 0 radical (unpaired) electrons. The minimum Gasteiger partial charge on any atom is -0.359 e. The smallest absolute Gasteiger partial charge is 0.139 e. The maximum Gasteiger partial charge on any atom is 0.139 e. The van der Waals surface area contributed by atoms with Crippen molar-refractivity contribution in [3.05, 3.63) is 12.4 Å². The average Bonchev–Trinajstić information content (AvgIpc) is 2.20. The Morgan fingerprint density at radius 2 is 2.30 bits per heavy atom. The highest BCUT2D eigenvalue weighted by atomic mass is 16.1. The van der Waals surface area contributed by atoms with Crippen LogP contribution in [0.25, 0.3) is 0 Å². The van der Waals surface area contributed by atoms with Gasteiger partial charge in [-0.15, -0.1) is 0 Å². The lowest BCUT2D eigenvalue weighted by atomic mass is 10.5. The van der Waals surface area contributed by atoms with Gasteiger partial charge in [-0.3, -0.25) is 0 Å². The maximum atomic E-state index is 10.1. The van der Waals surface area contributed by atoms with Gasteiger partial charge >= 0.3 is 0 Å². The van der Waals surface area contributed by atoms with Crippen LogP contribution in [0.4, 0.5) is 0 Å². The second-order valence-corrected chi connectivity index (χ2v) is 2.46. The Hall–Kier alpha value is -0.990. The topological polar surface area (TPSA) is 23.6 Å². The molecule has 1 unspecified atom stereocenters. The number of nitrogens with zero attached hydrogens (tertiary/aromatic N) is 2. The highest BCUT2D eigenvalue weighted by Gasteiger charge is 2.16. The Labute approximate surface area is 60.9 Å². The van der Waals surface area contributed by atoms with Crippen molar-refractivity contribution in [2.45, 2.75) is 13.1 Å². The summed E-state index contributed by atoms with van der Waals surface area (Å²) in [5.41, 5.74) is 0. The number of carbonyl (C=O) groups is 1. The zero-order valence-corrected chi connectivity index (χ0v) is 6.32. The summed E-state index contributed by atoms with van der Waals surface area (Å²) in [6.07, 6.45) is 5.14. The molecule has 0 fully saturated rings. The summed E-state index contributed by atoms with van der Waals surface area (Å²) in [5, 5.41) is 0. The molecule has 0 aliphatic carbocycles. The first-order valence-electron chi connectivity index (χ1n) is 3.35. The van der Waals surface area contributed by atoms with Gasteiger partial charge in [0, 0.05) is 19.4 Å². The molecule has 0 aromatic carbocycles. The SMILES string of the molecule is CC1N(C)C=CN1CC=O. The third-order valence-electron chi connectivity index (χ3n) is 1.85. The van der Waals surface area contributed by atoms with Crippen molar-refractivity contribution in [1.82, 2.24) is 9.80 Å². The molecule has 0 bridgehead atoms. The van der Waals surface area contributed by atoms with Crippen molar-refractivity contribution in [2.75, 3.05) is 13.6 Å². The van der Waals surface area contributed by atoms with Crippen molar-refractivity contribution < 1.29 is 4.79 Å². The highest BCUT2D eigenvalue weighted by Crippen LogP contribution is 2.10. The lowest BCUT2D eigenvalue weighted by molar-refractivity contribution is -0.108. The van der Waals surface area contributed by atoms with Gasteiger partial charge in [0.05, 0.1) is 12.7 Å². The molecule has 1 atom stereocenters. The minimum atomic E-state index is 0.324. The summed E-state index contributed by atoms with van der Waals surface area (Å²) in [7, 11) is 1.99. The standard InChI is InChI=1S/C7H12N2O/c1-7-8(2)3-4-9(7)5-6-10/h3-4,6-7H,5H2,1-2H3. The molecule has 0 saturated carbocycles. The van der Waals surface area contributed by atoms with Crippen molar-refractivity contribution in [1.29, 1.82) is 0 Å². The second-order valence-electron chi connectivity index (χ2n) is 2.46. The number of hydrogen-bond acceptors (Lipinski definition) is 3. The molecule has 1 rings (SSSR count). The van der Waals surface area contributed by atoms with E-state index in [1.807, 2.05) is 24.3 Å². The monoisotopic (exact) mass is 140 g/mol. The van der Waals surface area contributed by atoms with E-state index in [0.717, 1.165) is 6.29 Å². The Kier molecular flexibility index (Phi) is 1.94. The number of rotatable bonds is 2. The molecule has 0 saturated heterocycles. The Balaban J connectivity index is 2.49. The van der Waals surface area contributed by atoms with E-state index >= 15 is 0 Å². The van der Waals surface area contributed by atoms with Gasteiger partial charge in [-0.2, -0.15) is 0 Å². The highest BCUT2D eigenvalue weighted by molar-refractivity contribution is 5.52. The quantitative estimate of drug-likeness (QED) is 0.514. The Bertz CT molecular complexity index is 156. The van der Waals surface area contributed by atoms with Crippen LogP contribution in [0.3, 0.4) is 0 Å². The van der Waals surface area contributed by atoms with Crippen LogP contribution in [0, 0.1) is 0 Å². The van der Waals surface area contributed by atoms with Crippen molar-refractivity contribution in [3.63, 3.8) is 0 Å². The summed E-state index contributed by atoms with van der Waals surface area (Å²) >= 11 is 0. The van der Waals surface area contributed by atoms with Crippen LogP contribution in [0.5, 0.6) is 0 Å². The number of carbonyl (C=O) groups excluding carboxylic acids is 1. The van der Waals surface area contributed by atoms with Gasteiger partial charge in [0.25, 0.3) is 0 Å². The average molecular weight is 140 g/mol. The predicted octanol–water partition coefficient (Wildman–Crippen LogP) is 0.250. The first kappa shape index (κ1) is 7.12. The fourth-order valence-electron chi connectivity index (χ4n) is 0.973. The summed E-state index contributed by atoms with van der Waals surface area (Å²) in [5.74, 6) is 0. The van der Waals surface area contributed by atoms with E-state index in [9.17, 15) is 4.79 Å². The van der Waals surface area contributed by atoms with E-state index in [2.05, 4.69) is 11.8 Å². The molecule has 3 heteroatoms. The zero-order chi connectivity index (χ0) is 7.56. The Morgan fingerprint density at radius 3 is 2.70 bits per heavy atom. The molecule has 0 aromatic heterocycles. The largest absolute Gasteiger partial charge is 0.359 e. The van der Waals surface area contributed by atoms with Crippen LogP contribution < -0.4 is 0 Å². The van der Waals surface area contributed by atoms with Crippen LogP contribution in [-0.4, -0.2) is 35.8 Å². The van der Waals surface area contributed by atoms with Crippen molar-refractivity contribution in [2.24, 2.45) is 0 Å². The molecule has 1 aliphatic heterocycles. The van der Waals surface area contributed by atoms with E-state index in [-0.39, 0.29) is 0 Å². The fourth-order valence-corrected chi connectivity index (χ4v) is 0.973. The van der Waals surface area contributed by atoms with Crippen LogP contribution >= 0.6 is 0 Å². The van der Waals surface area contributed by atoms with Crippen LogP contribution in [0.1, 0.15) is 6.92 Å². The third-order valence-corrected chi connectivity index (χ3v) is 1.85. The minimum absolute atomic E-state index is 0.324. The van der Waals surface area contributed by atoms with Gasteiger partial charge in [-0.1, -0.05) is 0 Å². The normalized spacial score (nSPS) is 24.0. The summed E-state index contributed by atoms with van der Waals surface area (Å²) in [4.78, 5) is 14.2. The van der Waals surface area contributed by atoms with Gasteiger partial charge < -0.3 is 14.6 Å². The summed E-state index contributed by atoms with van der Waals surface area (Å²) < 4.78 is 0. The first-order chi connectivity index (χ1) is 4.75. The number of hydrogen-bond donors (Lipinski definition) is 0. The van der Waals surface area contributed by atoms with Gasteiger partial charge in [-0.25, -0.2) is 0 Å². The molecule has 0 spiro atoms. The van der Waals surface area contributed by atoms with E-state index < -0.39 is 0 Å². The molecule has 10 heavy (non-hydrogen) atoms. The fraction of sp³-hybridized carbons (Fsp3) is 0.571. The van der Waals surface area contributed by atoms with Gasteiger partial charge in [0.1, 0.15) is 6.29 Å². The molecule has 0 N–H and O–H groups in total. The van der Waals surface area contributed by atoms with E-state index in [4.69, 9.17) is 0 Å². The zero-order valence-electron chi connectivity index (χ0n) is 6.32. The summed E-state index contributed by atoms with van der Waals surface area (Å²) in [6, 6.07) is 0. The molecule has 3 nitrogen and oxygen atoms in total. The van der Waals surface area contributed by atoms with Gasteiger partial charge in [-0.05, 0) is 6.92 Å². The van der Waals surface area contributed by atoms with E-state index in [1.54, 1.807) is 0 Å². The molecule has 0 aromatic rings. The van der Waals surface area contributed by atoms with Crippen LogP contribution in [0.15, 0.2) is 12.4 Å². The predicted molar refractivity (Wildman–Crippen MR) is 39.1 cm³/mol. The van der Waals surface area contributed by atoms with Crippen LogP contribution in [-0.2, 0) is 4.79 Å². The Morgan fingerprint density at radius 1 is 1.60 bits per heavy atom. The van der Waals surface area contributed by atoms with E-state index in [0.29, 0.717) is 12.7 Å². The molecule has 1 heterocycles. The lowest BCUT2D eigenvalue weighted by Gasteiger charge is -2.24. The first-order valence-corrected chi connectivity index (χ1v) is 3.35. The maximum absolute atomic E-state index is 10.1. The third kappa shape index (κ3) is 1.12. The summed E-state index contributed by atoms with van der Waals surface area (Å²) in [6.45, 7) is 2.55. The molecule has 0 amide bonds. The van der Waals surface area contributed by atoms with Crippen LogP contribution in [0.2, 0.25) is 0 Å². The van der Waals surface area contributed by atoms with Gasteiger partial charge in [0.15, 0.2) is 0 Å². The van der Waals surface area contributed by atoms with E-state index in [1.165, 1.54) is 0 Å². The molecular weight excluding hydrogens is 128 g/mol. The van der Waals surface area contributed by atoms with Gasteiger partial charge in [0.2, 0.25) is 0 Å². The van der Waals surface area contributed by atoms with Crippen molar-refractivity contribution >= 4 is 6.29 Å². The molecule has 1 aliphatic rings. The number of aldehydes is 1. The molecular formula is C7H12N2O.